The highest BCUT2D eigenvalue weighted by atomic mass is 19.4. The van der Waals surface area contributed by atoms with Crippen LogP contribution in [0, 0.1) is 5.82 Å². The predicted molar refractivity (Wildman–Crippen MR) is 111 cm³/mol. The molecule has 4 rings (SSSR count). The molecule has 0 aliphatic carbocycles. The largest absolute Gasteiger partial charge is 0.419 e. The van der Waals surface area contributed by atoms with Crippen molar-refractivity contribution in [2.45, 2.75) is 44.1 Å². The van der Waals surface area contributed by atoms with Crippen molar-refractivity contribution in [2.24, 2.45) is 0 Å². The Kier molecular flexibility index (Phi) is 6.22. The van der Waals surface area contributed by atoms with Crippen LogP contribution in [0.4, 0.5) is 23.4 Å². The summed E-state index contributed by atoms with van der Waals surface area (Å²) in [6.07, 6.45) is -2.52. The summed E-state index contributed by atoms with van der Waals surface area (Å²) in [7, 11) is 0. The third kappa shape index (κ3) is 4.63. The first-order valence-electron chi connectivity index (χ1n) is 10.7. The van der Waals surface area contributed by atoms with E-state index < -0.39 is 29.4 Å². The number of hydrogen-bond donors (Lipinski definition) is 0. The van der Waals surface area contributed by atoms with Gasteiger partial charge in [0.15, 0.2) is 0 Å². The number of piperidine rings is 1. The molecule has 1 aromatic heterocycles. The van der Waals surface area contributed by atoms with Gasteiger partial charge in [0, 0.05) is 25.8 Å². The van der Waals surface area contributed by atoms with Gasteiger partial charge in [-0.3, -0.25) is 9.69 Å². The summed E-state index contributed by atoms with van der Waals surface area (Å²) in [6.45, 7) is 3.57. The first kappa shape index (κ1) is 22.7. The number of aromatic nitrogens is 1. The van der Waals surface area contributed by atoms with Gasteiger partial charge in [-0.1, -0.05) is 18.2 Å². The highest BCUT2D eigenvalue weighted by Crippen LogP contribution is 2.39. The van der Waals surface area contributed by atoms with Crippen molar-refractivity contribution in [1.82, 2.24) is 9.88 Å². The number of benzene rings is 1. The summed E-state index contributed by atoms with van der Waals surface area (Å²) < 4.78 is 60.5. The second-order valence-corrected chi connectivity index (χ2v) is 8.42. The number of carbonyl (C=O) groups excluding carboxylic acids is 1. The number of halogens is 4. The molecule has 32 heavy (non-hydrogen) atoms. The second-order valence-electron chi connectivity index (χ2n) is 8.42. The Bertz CT molecular complexity index is 974. The average Bonchev–Trinajstić information content (AvgIpc) is 2.76. The molecule has 0 radical (unpaired) electrons. The van der Waals surface area contributed by atoms with E-state index >= 15 is 0 Å². The first-order chi connectivity index (χ1) is 15.2. The third-order valence-corrected chi connectivity index (χ3v) is 6.26. The molecule has 0 N–H and O–H groups in total. The zero-order valence-corrected chi connectivity index (χ0v) is 17.7. The van der Waals surface area contributed by atoms with E-state index in [-0.39, 0.29) is 18.2 Å². The quantitative estimate of drug-likeness (QED) is 0.658. The van der Waals surface area contributed by atoms with E-state index in [1.807, 2.05) is 0 Å². The van der Waals surface area contributed by atoms with E-state index in [9.17, 15) is 22.4 Å². The Morgan fingerprint density at radius 2 is 1.88 bits per heavy atom. The van der Waals surface area contributed by atoms with E-state index in [1.165, 1.54) is 18.3 Å². The van der Waals surface area contributed by atoms with Crippen LogP contribution in [0.2, 0.25) is 0 Å². The monoisotopic (exact) mass is 451 g/mol. The number of carbonyl (C=O) groups is 1. The van der Waals surface area contributed by atoms with Crippen LogP contribution in [0.25, 0.3) is 0 Å². The van der Waals surface area contributed by atoms with Crippen LogP contribution in [-0.2, 0) is 22.1 Å². The summed E-state index contributed by atoms with van der Waals surface area (Å²) in [5, 5.41) is 0. The molecule has 5 nitrogen and oxygen atoms in total. The molecule has 172 valence electrons. The van der Waals surface area contributed by atoms with Gasteiger partial charge in [0.2, 0.25) is 0 Å². The zero-order valence-electron chi connectivity index (χ0n) is 17.7. The number of rotatable bonds is 4. The lowest BCUT2D eigenvalue weighted by molar-refractivity contribution is -0.162. The second kappa shape index (κ2) is 8.78. The minimum atomic E-state index is -4.62. The van der Waals surface area contributed by atoms with Gasteiger partial charge in [0.05, 0.1) is 17.7 Å². The fourth-order valence-corrected chi connectivity index (χ4v) is 4.50. The molecular formula is C23H25F4N3O2. The Labute approximate surface area is 184 Å². The molecule has 3 heterocycles. The molecule has 1 atom stereocenters. The number of anilines is 1. The number of nitrogens with zero attached hydrogens (tertiary/aromatic N) is 3. The molecule has 2 aliphatic heterocycles. The van der Waals surface area contributed by atoms with Gasteiger partial charge in [0.1, 0.15) is 17.7 Å². The summed E-state index contributed by atoms with van der Waals surface area (Å²) in [5.74, 6) is -1.13. The van der Waals surface area contributed by atoms with E-state index in [0.717, 1.165) is 11.0 Å². The molecule has 1 aromatic carbocycles. The standard InChI is InChI=1S/C23H25F4N3O2/c1-16-21(31)30(20-18(23(25,26)27)6-4-11-28-20)15-22(32-16)9-13-29(14-10-22)12-8-17-5-2-3-7-19(17)24/h2-7,11,16H,8-10,12-15H2,1H3. The van der Waals surface area contributed by atoms with E-state index in [0.29, 0.717) is 44.5 Å². The van der Waals surface area contributed by atoms with Crippen LogP contribution < -0.4 is 4.90 Å². The van der Waals surface area contributed by atoms with Crippen molar-refractivity contribution >= 4 is 11.7 Å². The third-order valence-electron chi connectivity index (χ3n) is 6.26. The number of pyridine rings is 1. The van der Waals surface area contributed by atoms with Crippen molar-refractivity contribution in [3.05, 3.63) is 59.5 Å². The Morgan fingerprint density at radius 1 is 1.16 bits per heavy atom. The van der Waals surface area contributed by atoms with Crippen molar-refractivity contribution in [2.75, 3.05) is 31.1 Å². The Balaban J connectivity index is 1.46. The van der Waals surface area contributed by atoms with Crippen LogP contribution in [0.1, 0.15) is 30.9 Å². The number of amides is 1. The van der Waals surface area contributed by atoms with Gasteiger partial charge in [-0.25, -0.2) is 9.37 Å². The van der Waals surface area contributed by atoms with Crippen LogP contribution in [-0.4, -0.2) is 53.7 Å². The molecule has 0 saturated carbocycles. The highest BCUT2D eigenvalue weighted by molar-refractivity contribution is 5.97. The molecule has 2 aromatic rings. The molecule has 1 amide bonds. The van der Waals surface area contributed by atoms with Crippen LogP contribution in [0.3, 0.4) is 0 Å². The van der Waals surface area contributed by atoms with Gasteiger partial charge in [-0.15, -0.1) is 0 Å². The fourth-order valence-electron chi connectivity index (χ4n) is 4.50. The van der Waals surface area contributed by atoms with Crippen molar-refractivity contribution < 1.29 is 27.1 Å². The highest BCUT2D eigenvalue weighted by Gasteiger charge is 2.48. The maximum absolute atomic E-state index is 13.9. The number of hydrogen-bond acceptors (Lipinski definition) is 4. The van der Waals surface area contributed by atoms with Crippen LogP contribution >= 0.6 is 0 Å². The Hall–Kier alpha value is -2.52. The lowest BCUT2D eigenvalue weighted by Gasteiger charge is -2.49. The maximum atomic E-state index is 13.9. The lowest BCUT2D eigenvalue weighted by atomic mass is 9.88. The Morgan fingerprint density at radius 3 is 2.56 bits per heavy atom. The molecule has 1 unspecified atom stereocenters. The molecular weight excluding hydrogens is 426 g/mol. The van der Waals surface area contributed by atoms with E-state index in [4.69, 9.17) is 4.74 Å². The van der Waals surface area contributed by atoms with Crippen molar-refractivity contribution in [3.63, 3.8) is 0 Å². The summed E-state index contributed by atoms with van der Waals surface area (Å²) in [5.41, 5.74) is -1.01. The molecule has 2 saturated heterocycles. The van der Waals surface area contributed by atoms with Gasteiger partial charge in [-0.05, 0) is 49.9 Å². The van der Waals surface area contributed by atoms with Gasteiger partial charge < -0.3 is 9.64 Å². The first-order valence-corrected chi connectivity index (χ1v) is 10.7. The SMILES string of the molecule is CC1OC2(CCN(CCc3ccccc3F)CC2)CN(c2ncccc2C(F)(F)F)C1=O. The van der Waals surface area contributed by atoms with Crippen molar-refractivity contribution in [1.29, 1.82) is 0 Å². The van der Waals surface area contributed by atoms with Gasteiger partial charge in [0.25, 0.3) is 5.91 Å². The van der Waals surface area contributed by atoms with Crippen molar-refractivity contribution in [3.8, 4) is 0 Å². The fraction of sp³-hybridized carbons (Fsp3) is 0.478. The maximum Gasteiger partial charge on any atom is 0.419 e. The van der Waals surface area contributed by atoms with Gasteiger partial charge >= 0.3 is 6.18 Å². The molecule has 2 aliphatic rings. The number of morpholine rings is 1. The van der Waals surface area contributed by atoms with Crippen LogP contribution in [0.15, 0.2) is 42.6 Å². The predicted octanol–water partition coefficient (Wildman–Crippen LogP) is 4.07. The van der Waals surface area contributed by atoms with Gasteiger partial charge in [-0.2, -0.15) is 13.2 Å². The number of alkyl halides is 3. The van der Waals surface area contributed by atoms with E-state index in [2.05, 4.69) is 9.88 Å². The minimum absolute atomic E-state index is 0.0252. The summed E-state index contributed by atoms with van der Waals surface area (Å²) in [6, 6.07) is 8.82. The lowest BCUT2D eigenvalue weighted by Crippen LogP contribution is -2.62. The average molecular weight is 451 g/mol. The topological polar surface area (TPSA) is 45.7 Å². The molecule has 0 bridgehead atoms. The van der Waals surface area contributed by atoms with Crippen LogP contribution in [0.5, 0.6) is 0 Å². The molecule has 1 spiro atoms. The number of likely N-dealkylation sites (tertiary alicyclic amines) is 1. The smallest absolute Gasteiger partial charge is 0.360 e. The zero-order chi connectivity index (χ0) is 22.9. The normalized spacial score (nSPS) is 21.8. The summed E-state index contributed by atoms with van der Waals surface area (Å²) in [4.78, 5) is 20.0. The summed E-state index contributed by atoms with van der Waals surface area (Å²) >= 11 is 0. The molecule has 2 fully saturated rings. The number of ether oxygens (including phenoxy) is 1. The minimum Gasteiger partial charge on any atom is -0.360 e. The molecule has 9 heteroatoms. The van der Waals surface area contributed by atoms with E-state index in [1.54, 1.807) is 25.1 Å².